The third-order valence-corrected chi connectivity index (χ3v) is 4.88. The molecule has 1 aromatic carbocycles. The number of nitrogens with zero attached hydrogens (tertiary/aromatic N) is 2. The van der Waals surface area contributed by atoms with Crippen LogP contribution in [0.3, 0.4) is 0 Å². The number of methoxy groups -OCH3 is 1. The molecule has 0 radical (unpaired) electrons. The molecule has 9 nitrogen and oxygen atoms in total. The van der Waals surface area contributed by atoms with Crippen molar-refractivity contribution < 1.29 is 32.9 Å². The maximum atomic E-state index is 14.0. The van der Waals surface area contributed by atoms with Gasteiger partial charge in [-0.25, -0.2) is 4.79 Å². The van der Waals surface area contributed by atoms with Gasteiger partial charge in [-0.3, -0.25) is 9.36 Å². The summed E-state index contributed by atoms with van der Waals surface area (Å²) in [6.45, 7) is 0.145. The Labute approximate surface area is 176 Å². The van der Waals surface area contributed by atoms with E-state index in [0.717, 1.165) is 11.7 Å². The predicted octanol–water partition coefficient (Wildman–Crippen LogP) is 1.65. The van der Waals surface area contributed by atoms with Crippen molar-refractivity contribution in [2.24, 2.45) is 5.92 Å². The summed E-state index contributed by atoms with van der Waals surface area (Å²) in [6, 6.07) is 9.68. The van der Waals surface area contributed by atoms with Crippen molar-refractivity contribution in [1.29, 1.82) is 0 Å². The van der Waals surface area contributed by atoms with E-state index in [0.29, 0.717) is 5.56 Å². The van der Waals surface area contributed by atoms with E-state index in [9.17, 15) is 23.5 Å². The number of alkyl halides is 2. The molecule has 1 fully saturated rings. The zero-order valence-electron chi connectivity index (χ0n) is 16.9. The molecule has 1 aliphatic rings. The topological polar surface area (TPSA) is 112 Å². The van der Waals surface area contributed by atoms with Crippen LogP contribution < -0.4 is 11.0 Å². The molecule has 0 bridgehead atoms. The first-order chi connectivity index (χ1) is 14.8. The van der Waals surface area contributed by atoms with Crippen molar-refractivity contribution in [3.63, 3.8) is 0 Å². The van der Waals surface area contributed by atoms with Crippen LogP contribution in [-0.2, 0) is 14.2 Å². The van der Waals surface area contributed by atoms with Gasteiger partial charge in [0.1, 0.15) is 18.5 Å². The molecule has 3 rings (SSSR count). The van der Waals surface area contributed by atoms with Crippen molar-refractivity contribution in [3.05, 3.63) is 58.6 Å². The molecule has 1 aromatic heterocycles. The highest BCUT2D eigenvalue weighted by molar-refractivity contribution is 6.03. The van der Waals surface area contributed by atoms with Gasteiger partial charge >= 0.3 is 11.8 Å². The molecule has 0 saturated carbocycles. The number of benzene rings is 1. The molecule has 11 heteroatoms. The Morgan fingerprint density at radius 3 is 2.65 bits per heavy atom. The van der Waals surface area contributed by atoms with E-state index in [2.05, 4.69) is 15.0 Å². The molecule has 168 valence electrons. The van der Waals surface area contributed by atoms with Crippen LogP contribution in [0.4, 0.5) is 14.6 Å². The zero-order chi connectivity index (χ0) is 22.6. The van der Waals surface area contributed by atoms with Gasteiger partial charge in [-0.15, -0.1) is 0 Å². The molecular weight excluding hydrogens is 416 g/mol. The summed E-state index contributed by atoms with van der Waals surface area (Å²) in [5, 5.41) is 12.0. The summed E-state index contributed by atoms with van der Waals surface area (Å²) in [6.07, 6.45) is -5.70. The van der Waals surface area contributed by atoms with Gasteiger partial charge in [0, 0.05) is 24.8 Å². The first-order valence-electron chi connectivity index (χ1n) is 9.52. The van der Waals surface area contributed by atoms with Crippen molar-refractivity contribution in [2.75, 3.05) is 25.6 Å². The predicted molar refractivity (Wildman–Crippen MR) is 105 cm³/mol. The molecule has 1 saturated heterocycles. The number of aliphatic hydroxyl groups is 1. The second kappa shape index (κ2) is 9.60. The number of carbonyl (C=O) groups excluding carboxylic acids is 1. The standard InChI is InChI=1S/C20H23F2N3O6/c1-12-14(10-26)30-18(16(12)31-20(21,22)11-29-2)25-9-8-15(24-19(25)28)23-17(27)13-6-4-3-5-7-13/h3-9,12,14,16,18,26H,10-11H2,1-2H3,(H,23,24,27,28)/t12-,14-,16-,18-/m1/s1. The lowest BCUT2D eigenvalue weighted by Gasteiger charge is -2.27. The Kier molecular flexibility index (Phi) is 7.11. The van der Waals surface area contributed by atoms with Crippen LogP contribution in [0.25, 0.3) is 0 Å². The first kappa shape index (κ1) is 22.9. The van der Waals surface area contributed by atoms with E-state index in [1.807, 2.05) is 0 Å². The lowest BCUT2D eigenvalue weighted by molar-refractivity contribution is -0.296. The molecule has 2 aromatic rings. The Bertz CT molecular complexity index is 955. The molecule has 0 spiro atoms. The Hall–Kier alpha value is -2.73. The molecule has 1 aliphatic heterocycles. The van der Waals surface area contributed by atoms with Gasteiger partial charge in [-0.05, 0) is 18.2 Å². The lowest BCUT2D eigenvalue weighted by atomic mass is 10.0. The number of carbonyl (C=O) groups is 1. The van der Waals surface area contributed by atoms with E-state index < -0.39 is 55.3 Å². The minimum absolute atomic E-state index is 0.0120. The molecule has 31 heavy (non-hydrogen) atoms. The van der Waals surface area contributed by atoms with Crippen LogP contribution in [0, 0.1) is 5.92 Å². The largest absolute Gasteiger partial charge is 0.394 e. The van der Waals surface area contributed by atoms with Gasteiger partial charge < -0.3 is 24.6 Å². The number of amides is 1. The molecule has 4 atom stereocenters. The minimum atomic E-state index is -3.62. The summed E-state index contributed by atoms with van der Waals surface area (Å²) in [5.74, 6) is -1.12. The fourth-order valence-corrected chi connectivity index (χ4v) is 3.31. The second-order valence-corrected chi connectivity index (χ2v) is 7.08. The van der Waals surface area contributed by atoms with Gasteiger partial charge in [-0.2, -0.15) is 13.8 Å². The number of aliphatic hydroxyl groups excluding tert-OH is 1. The number of nitrogens with one attached hydrogen (secondary N) is 1. The van der Waals surface area contributed by atoms with E-state index >= 15 is 0 Å². The number of aromatic nitrogens is 2. The van der Waals surface area contributed by atoms with Gasteiger partial charge in [0.05, 0.1) is 12.7 Å². The average Bonchev–Trinajstić information content (AvgIpc) is 3.03. The van der Waals surface area contributed by atoms with Gasteiger partial charge in [0.2, 0.25) is 0 Å². The zero-order valence-corrected chi connectivity index (χ0v) is 16.9. The Morgan fingerprint density at radius 2 is 2.03 bits per heavy atom. The van der Waals surface area contributed by atoms with Crippen LogP contribution >= 0.6 is 0 Å². The van der Waals surface area contributed by atoms with Crippen LogP contribution in [0.15, 0.2) is 47.4 Å². The number of halogens is 2. The summed E-state index contributed by atoms with van der Waals surface area (Å²) < 4.78 is 44.0. The molecule has 0 aliphatic carbocycles. The van der Waals surface area contributed by atoms with Crippen LogP contribution in [0.2, 0.25) is 0 Å². The van der Waals surface area contributed by atoms with Gasteiger partial charge in [0.25, 0.3) is 5.91 Å². The van der Waals surface area contributed by atoms with E-state index in [1.165, 1.54) is 12.3 Å². The summed E-state index contributed by atoms with van der Waals surface area (Å²) >= 11 is 0. The average molecular weight is 439 g/mol. The smallest absolute Gasteiger partial charge is 0.379 e. The SMILES string of the molecule is COCC(F)(F)O[C@@H]1[C@H](C)[C@@H](CO)O[C@H]1n1ccc(NC(=O)c2ccccc2)nc1=O. The number of ether oxygens (including phenoxy) is 3. The third kappa shape index (κ3) is 5.31. The number of hydrogen-bond acceptors (Lipinski definition) is 7. The van der Waals surface area contributed by atoms with E-state index in [-0.39, 0.29) is 5.82 Å². The first-order valence-corrected chi connectivity index (χ1v) is 9.52. The minimum Gasteiger partial charge on any atom is -0.394 e. The highest BCUT2D eigenvalue weighted by Crippen LogP contribution is 2.38. The molecular formula is C20H23F2N3O6. The third-order valence-electron chi connectivity index (χ3n) is 4.88. The maximum Gasteiger partial charge on any atom is 0.379 e. The Morgan fingerprint density at radius 1 is 1.32 bits per heavy atom. The molecule has 0 unspecified atom stereocenters. The quantitative estimate of drug-likeness (QED) is 0.643. The van der Waals surface area contributed by atoms with E-state index in [4.69, 9.17) is 9.47 Å². The molecule has 1 amide bonds. The maximum absolute atomic E-state index is 14.0. The van der Waals surface area contributed by atoms with Crippen LogP contribution in [-0.4, -0.2) is 59.2 Å². The Balaban J connectivity index is 1.82. The summed E-state index contributed by atoms with van der Waals surface area (Å²) in [5.41, 5.74) is -0.466. The van der Waals surface area contributed by atoms with Crippen molar-refractivity contribution in [1.82, 2.24) is 9.55 Å². The van der Waals surface area contributed by atoms with Crippen LogP contribution in [0.1, 0.15) is 23.5 Å². The van der Waals surface area contributed by atoms with Gasteiger partial charge in [0.15, 0.2) is 6.23 Å². The normalized spacial score (nSPS) is 23.6. The van der Waals surface area contributed by atoms with Crippen LogP contribution in [0.5, 0.6) is 0 Å². The summed E-state index contributed by atoms with van der Waals surface area (Å²) in [4.78, 5) is 28.6. The fraction of sp³-hybridized carbons (Fsp3) is 0.450. The lowest BCUT2D eigenvalue weighted by Crippen LogP contribution is -2.40. The van der Waals surface area contributed by atoms with Gasteiger partial charge in [-0.1, -0.05) is 25.1 Å². The molecule has 2 heterocycles. The van der Waals surface area contributed by atoms with Crippen molar-refractivity contribution >= 4 is 11.7 Å². The summed E-state index contributed by atoms with van der Waals surface area (Å²) in [7, 11) is 1.11. The number of hydrogen-bond donors (Lipinski definition) is 2. The van der Waals surface area contributed by atoms with Crippen molar-refractivity contribution in [3.8, 4) is 0 Å². The highest BCUT2D eigenvalue weighted by atomic mass is 19.3. The van der Waals surface area contributed by atoms with E-state index in [1.54, 1.807) is 37.3 Å². The highest BCUT2D eigenvalue weighted by Gasteiger charge is 2.48. The number of anilines is 1. The second-order valence-electron chi connectivity index (χ2n) is 7.08. The monoisotopic (exact) mass is 439 g/mol. The molecule has 2 N–H and O–H groups in total. The van der Waals surface area contributed by atoms with Crippen molar-refractivity contribution in [2.45, 2.75) is 31.5 Å². The fourth-order valence-electron chi connectivity index (χ4n) is 3.31. The number of rotatable bonds is 8.